The standard InChI is InChI=1S/C32H45F3N6O3S.C29H42N6O3S.C3H3F3O/c1-30(2,3)25-12-10-23-28(37-25)41-20-21(19-31(41,4)5)9-11-24(22-13-16-40(17-14-22)18-15-32(33,34)35)36-26-7-6-8-27(38-26)45(43,44)39-29(23)42;1-28(2,3)23-12-10-21-26(32-23)35-18-19(17-29(35,4)5)9-11-22(20-13-15-30-16-14-20)31-24-7-6-8-25(33-24)39(37,38)34-27(21)36;4-3(5,6)1-2-7/h6-8,10,12,21-22,24H,9,11,13-20H2,1-5H3,(H,36,38)(H,39,42);6-8,10,12,19-20,22,30H,9,11,13-18H2,1-5H3,(H,31,33)(H,34,36);2H,1H2/t21-,24?;19-,22?;/m00./s1. The highest BCUT2D eigenvalue weighted by atomic mass is 32.2. The molecule has 0 saturated carbocycles. The Morgan fingerprint density at radius 1 is 0.560 bits per heavy atom. The van der Waals surface area contributed by atoms with Crippen LogP contribution in [0.5, 0.6) is 0 Å². The van der Waals surface area contributed by atoms with Gasteiger partial charge in [-0.25, -0.2) is 29.4 Å². The Hall–Kier alpha value is -6.19. The zero-order valence-electron chi connectivity index (χ0n) is 53.8. The first-order valence-electron chi connectivity index (χ1n) is 31.5. The molecule has 5 N–H and O–H groups in total. The van der Waals surface area contributed by atoms with E-state index in [-0.39, 0.29) is 73.9 Å². The van der Waals surface area contributed by atoms with Crippen LogP contribution in [0.3, 0.4) is 0 Å². The molecular formula is C64H90F6N12O7S2. The van der Waals surface area contributed by atoms with Gasteiger partial charge in [-0.2, -0.15) is 43.2 Å². The van der Waals surface area contributed by atoms with E-state index in [9.17, 15) is 52.8 Å². The summed E-state index contributed by atoms with van der Waals surface area (Å²) in [5, 5.41) is 10.1. The fourth-order valence-corrected chi connectivity index (χ4v) is 15.3. The summed E-state index contributed by atoms with van der Waals surface area (Å²) in [4.78, 5) is 61.3. The van der Waals surface area contributed by atoms with Gasteiger partial charge in [-0.05, 0) is 190 Å². The maximum atomic E-state index is 13.6. The smallest absolute Gasteiger partial charge is 0.367 e. The molecule has 91 heavy (non-hydrogen) atoms. The van der Waals surface area contributed by atoms with Crippen molar-refractivity contribution in [3.8, 4) is 0 Å². The monoisotopic (exact) mass is 1320 g/mol. The fourth-order valence-electron chi connectivity index (χ4n) is 13.4. The number of carbonyl (C=O) groups excluding carboxylic acids is 3. The molecule has 6 aliphatic heterocycles. The number of piperidine rings is 2. The zero-order chi connectivity index (χ0) is 66.7. The number of fused-ring (bicyclic) bond motifs is 12. The molecule has 27 heteroatoms. The molecule has 4 fully saturated rings. The number of nitrogens with zero attached hydrogens (tertiary/aromatic N) is 7. The summed E-state index contributed by atoms with van der Waals surface area (Å²) in [5.41, 5.74) is 1.03. The minimum absolute atomic E-state index is 0.000918. The number of aromatic nitrogens is 4. The zero-order valence-corrected chi connectivity index (χ0v) is 55.5. The van der Waals surface area contributed by atoms with Gasteiger partial charge in [0.05, 0.1) is 24.0 Å². The van der Waals surface area contributed by atoms with Crippen LogP contribution >= 0.6 is 0 Å². The highest BCUT2D eigenvalue weighted by Crippen LogP contribution is 2.44. The van der Waals surface area contributed by atoms with Crippen LogP contribution in [0.25, 0.3) is 0 Å². The second-order valence-corrected chi connectivity index (χ2v) is 31.7. The summed E-state index contributed by atoms with van der Waals surface area (Å²) in [6.07, 6.45) is -1.70. The van der Waals surface area contributed by atoms with E-state index in [4.69, 9.17) is 14.8 Å². The molecule has 502 valence electrons. The molecule has 0 aliphatic carbocycles. The molecule has 6 aliphatic rings. The van der Waals surface area contributed by atoms with Crippen molar-refractivity contribution in [2.75, 3.05) is 66.2 Å². The van der Waals surface area contributed by atoms with Crippen molar-refractivity contribution in [2.45, 2.75) is 203 Å². The van der Waals surface area contributed by atoms with Gasteiger partial charge in [-0.1, -0.05) is 53.7 Å². The number of amides is 2. The van der Waals surface area contributed by atoms with Crippen molar-refractivity contribution < 1.29 is 57.6 Å². The van der Waals surface area contributed by atoms with E-state index < -0.39 is 57.1 Å². The minimum Gasteiger partial charge on any atom is -0.367 e. The molecule has 0 spiro atoms. The summed E-state index contributed by atoms with van der Waals surface area (Å²) < 4.78 is 129. The van der Waals surface area contributed by atoms with Gasteiger partial charge in [-0.3, -0.25) is 9.59 Å². The Kier molecular flexibility index (Phi) is 21.6. The summed E-state index contributed by atoms with van der Waals surface area (Å²) in [6, 6.07) is 16.7. The van der Waals surface area contributed by atoms with Gasteiger partial charge >= 0.3 is 12.4 Å². The largest absolute Gasteiger partial charge is 0.395 e. The summed E-state index contributed by atoms with van der Waals surface area (Å²) in [7, 11) is -8.52. The number of hydrogen-bond acceptors (Lipinski definition) is 17. The number of nitrogens with one attached hydrogen (secondary N) is 5. The van der Waals surface area contributed by atoms with Crippen molar-refractivity contribution >= 4 is 61.4 Å². The summed E-state index contributed by atoms with van der Waals surface area (Å²) in [6.45, 7) is 25.6. The van der Waals surface area contributed by atoms with Crippen LogP contribution in [-0.2, 0) is 35.7 Å². The van der Waals surface area contributed by atoms with Gasteiger partial charge in [0.15, 0.2) is 10.1 Å². The third kappa shape index (κ3) is 18.6. The van der Waals surface area contributed by atoms with Crippen LogP contribution in [0, 0.1) is 23.7 Å². The summed E-state index contributed by atoms with van der Waals surface area (Å²) >= 11 is 0. The SMILES string of the molecule is CC(C)(C)c1ccc2c(n1)N1C[C@@H](CCC(C3CCN(CCC(F)(F)F)CC3)Nc3cccc(n3)S(=O)(=O)NC2=O)CC1(C)C.CC(C)(C)c1ccc2c(n1)N1C[C@@H](CCC(C3CCNCC3)Nc3cccc(n3)S(=O)(=O)NC2=O)CC1(C)C.O=CCC(F)(F)F. The van der Waals surface area contributed by atoms with Crippen LogP contribution < -0.4 is 35.2 Å². The highest BCUT2D eigenvalue weighted by Gasteiger charge is 2.44. The molecule has 0 radical (unpaired) electrons. The number of rotatable bonds is 5. The van der Waals surface area contributed by atoms with Crippen LogP contribution in [0.4, 0.5) is 49.6 Å². The van der Waals surface area contributed by atoms with E-state index in [2.05, 4.69) is 93.6 Å². The van der Waals surface area contributed by atoms with E-state index >= 15 is 0 Å². The van der Waals surface area contributed by atoms with Crippen molar-refractivity contribution in [1.29, 1.82) is 0 Å². The number of hydrogen-bond donors (Lipinski definition) is 5. The molecule has 0 aromatic carbocycles. The maximum absolute atomic E-state index is 13.6. The highest BCUT2D eigenvalue weighted by molar-refractivity contribution is 7.90. The first kappa shape index (κ1) is 70.7. The van der Waals surface area contributed by atoms with Crippen LogP contribution in [0.2, 0.25) is 0 Å². The summed E-state index contributed by atoms with van der Waals surface area (Å²) in [5.74, 6) is 1.85. The van der Waals surface area contributed by atoms with E-state index in [1.54, 1.807) is 42.5 Å². The molecule has 4 saturated heterocycles. The average Bonchev–Trinajstić information content (AvgIpc) is 1.72. The Labute approximate surface area is 532 Å². The van der Waals surface area contributed by atoms with Gasteiger partial charge in [0, 0.05) is 65.0 Å². The number of likely N-dealkylation sites (tertiary alicyclic amines) is 1. The predicted octanol–water partition coefficient (Wildman–Crippen LogP) is 10.9. The number of carbonyl (C=O) groups is 3. The molecule has 4 atom stereocenters. The topological polar surface area (TPSA) is 241 Å². The lowest BCUT2D eigenvalue weighted by Crippen LogP contribution is -2.41. The minimum atomic E-state index is -4.32. The van der Waals surface area contributed by atoms with E-state index in [1.807, 2.05) is 31.7 Å². The number of halogens is 6. The Balaban J connectivity index is 0.000000214. The second-order valence-electron chi connectivity index (χ2n) is 28.5. The third-order valence-corrected chi connectivity index (χ3v) is 20.7. The normalized spacial score (nSPS) is 24.0. The first-order valence-corrected chi connectivity index (χ1v) is 34.5. The van der Waals surface area contributed by atoms with Gasteiger partial charge < -0.3 is 35.4 Å². The Morgan fingerprint density at radius 2 is 0.978 bits per heavy atom. The molecule has 2 amide bonds. The number of pyridine rings is 4. The lowest BCUT2D eigenvalue weighted by atomic mass is 9.84. The number of anilines is 4. The molecule has 19 nitrogen and oxygen atoms in total. The molecule has 2 unspecified atom stereocenters. The first-order chi connectivity index (χ1) is 42.3. The number of alkyl halides is 6. The van der Waals surface area contributed by atoms with Gasteiger partial charge in [0.2, 0.25) is 0 Å². The quantitative estimate of drug-likeness (QED) is 0.0922. The molecule has 8 bridgehead atoms. The molecular weight excluding hydrogens is 1230 g/mol. The van der Waals surface area contributed by atoms with E-state index in [1.165, 1.54) is 12.1 Å². The van der Waals surface area contributed by atoms with E-state index in [0.29, 0.717) is 60.7 Å². The lowest BCUT2D eigenvalue weighted by molar-refractivity contribution is -0.144. The van der Waals surface area contributed by atoms with Crippen LogP contribution in [0.1, 0.15) is 178 Å². The predicted molar refractivity (Wildman–Crippen MR) is 338 cm³/mol. The van der Waals surface area contributed by atoms with Gasteiger partial charge in [0.1, 0.15) is 29.6 Å². The maximum Gasteiger partial charge on any atom is 0.395 e. The average molecular weight is 1320 g/mol. The van der Waals surface area contributed by atoms with Crippen LogP contribution in [0.15, 0.2) is 70.7 Å². The lowest BCUT2D eigenvalue weighted by Gasteiger charge is -2.37. The molecule has 10 heterocycles. The molecule has 4 aromatic heterocycles. The van der Waals surface area contributed by atoms with Gasteiger partial charge in [0.25, 0.3) is 31.9 Å². The fraction of sp³-hybridized carbons (Fsp3) is 0.641. The number of sulfonamides is 2. The molecule has 4 aromatic rings. The van der Waals surface area contributed by atoms with E-state index in [0.717, 1.165) is 95.2 Å². The van der Waals surface area contributed by atoms with Crippen molar-refractivity contribution in [2.24, 2.45) is 23.7 Å². The Morgan fingerprint density at radius 3 is 1.35 bits per heavy atom. The van der Waals surface area contributed by atoms with Crippen molar-refractivity contribution in [3.05, 3.63) is 83.2 Å². The van der Waals surface area contributed by atoms with Gasteiger partial charge in [-0.15, -0.1) is 0 Å². The third-order valence-electron chi connectivity index (χ3n) is 18.3. The Bertz CT molecular complexity index is 3450. The second kappa shape index (κ2) is 27.8. The molecule has 10 rings (SSSR count). The van der Waals surface area contributed by atoms with Crippen LogP contribution in [-0.4, -0.2) is 141 Å². The number of aldehydes is 1. The van der Waals surface area contributed by atoms with Crippen molar-refractivity contribution in [1.82, 2.24) is 39.6 Å². The van der Waals surface area contributed by atoms with Crippen molar-refractivity contribution in [3.63, 3.8) is 0 Å².